The molecule has 0 spiro atoms. The quantitative estimate of drug-likeness (QED) is 0.770. The lowest BCUT2D eigenvalue weighted by Crippen LogP contribution is -2.19. The lowest BCUT2D eigenvalue weighted by Gasteiger charge is -2.09. The Morgan fingerprint density at radius 1 is 1.00 bits per heavy atom. The van der Waals surface area contributed by atoms with Gasteiger partial charge in [0.2, 0.25) is 5.91 Å². The Kier molecular flexibility index (Phi) is 4.56. The molecule has 0 saturated carbocycles. The topological polar surface area (TPSA) is 46.9 Å². The second-order valence-corrected chi connectivity index (χ2v) is 5.39. The van der Waals surface area contributed by atoms with Gasteiger partial charge in [-0.25, -0.2) is 0 Å². The first-order valence-corrected chi connectivity index (χ1v) is 7.48. The minimum absolute atomic E-state index is 0.0339. The highest BCUT2D eigenvalue weighted by molar-refractivity contribution is 5.90. The average Bonchev–Trinajstić information content (AvgIpc) is 3.03. The van der Waals surface area contributed by atoms with Crippen molar-refractivity contribution in [3.8, 4) is 11.3 Å². The van der Waals surface area contributed by atoms with Crippen LogP contribution in [-0.4, -0.2) is 15.7 Å². The summed E-state index contributed by atoms with van der Waals surface area (Å²) in [5.41, 5.74) is 1.21. The maximum atomic E-state index is 12.5. The summed E-state index contributed by atoms with van der Waals surface area (Å²) in [6, 6.07) is 15.6. The van der Waals surface area contributed by atoms with Gasteiger partial charge in [0.25, 0.3) is 0 Å². The smallest absolute Gasteiger partial charge is 0.324 e. The van der Waals surface area contributed by atoms with Crippen molar-refractivity contribution in [3.63, 3.8) is 0 Å². The van der Waals surface area contributed by atoms with Crippen LogP contribution in [0.25, 0.3) is 11.3 Å². The molecule has 7 heteroatoms. The predicted octanol–water partition coefficient (Wildman–Crippen LogP) is 4.21. The van der Waals surface area contributed by atoms with E-state index in [9.17, 15) is 18.0 Å². The Hall–Kier alpha value is -3.09. The number of benzene rings is 2. The van der Waals surface area contributed by atoms with Crippen LogP contribution in [0, 0.1) is 0 Å². The van der Waals surface area contributed by atoms with E-state index in [2.05, 4.69) is 10.4 Å². The molecule has 0 saturated heterocycles. The van der Waals surface area contributed by atoms with Gasteiger partial charge in [0.1, 0.15) is 6.54 Å². The van der Waals surface area contributed by atoms with Crippen molar-refractivity contribution in [2.24, 2.45) is 0 Å². The third-order valence-corrected chi connectivity index (χ3v) is 3.51. The molecule has 2 aromatic carbocycles. The first-order valence-electron chi connectivity index (χ1n) is 7.48. The number of halogens is 3. The summed E-state index contributed by atoms with van der Waals surface area (Å²) in [4.78, 5) is 12.0. The van der Waals surface area contributed by atoms with E-state index in [1.54, 1.807) is 12.3 Å². The fourth-order valence-corrected chi connectivity index (χ4v) is 2.30. The summed E-state index contributed by atoms with van der Waals surface area (Å²) in [6.45, 7) is -0.0339. The van der Waals surface area contributed by atoms with Crippen LogP contribution in [-0.2, 0) is 17.5 Å². The minimum atomic E-state index is -4.40. The number of carbonyl (C=O) groups excluding carboxylic acids is 1. The van der Waals surface area contributed by atoms with Gasteiger partial charge in [-0.05, 0) is 30.3 Å². The van der Waals surface area contributed by atoms with E-state index in [4.69, 9.17) is 0 Å². The highest BCUT2D eigenvalue weighted by Crippen LogP contribution is 2.29. The van der Waals surface area contributed by atoms with Crippen molar-refractivity contribution in [2.75, 3.05) is 5.32 Å². The minimum Gasteiger partial charge on any atom is -0.324 e. The van der Waals surface area contributed by atoms with E-state index in [1.807, 2.05) is 30.3 Å². The fourth-order valence-electron chi connectivity index (χ4n) is 2.30. The molecule has 0 fully saturated rings. The highest BCUT2D eigenvalue weighted by atomic mass is 19.4. The molecule has 4 nitrogen and oxygen atoms in total. The lowest BCUT2D eigenvalue weighted by atomic mass is 10.2. The van der Waals surface area contributed by atoms with Crippen LogP contribution < -0.4 is 5.32 Å². The van der Waals surface area contributed by atoms with Gasteiger partial charge >= 0.3 is 6.18 Å². The van der Waals surface area contributed by atoms with Crippen LogP contribution in [0.3, 0.4) is 0 Å². The van der Waals surface area contributed by atoms with Gasteiger partial charge in [-0.1, -0.05) is 30.3 Å². The molecule has 0 bridgehead atoms. The SMILES string of the molecule is O=C(Cn1ccc(-c2ccccc2)n1)Nc1ccc(C(F)(F)F)cc1. The van der Waals surface area contributed by atoms with Crippen molar-refractivity contribution in [1.82, 2.24) is 9.78 Å². The summed E-state index contributed by atoms with van der Waals surface area (Å²) in [5, 5.41) is 6.87. The molecule has 0 aliphatic heterocycles. The molecule has 0 radical (unpaired) electrons. The second-order valence-electron chi connectivity index (χ2n) is 5.39. The molecule has 0 unspecified atom stereocenters. The van der Waals surface area contributed by atoms with Gasteiger partial charge in [-0.3, -0.25) is 9.48 Å². The zero-order valence-electron chi connectivity index (χ0n) is 13.0. The molecule has 25 heavy (non-hydrogen) atoms. The molecule has 3 aromatic rings. The number of anilines is 1. The molecular weight excluding hydrogens is 331 g/mol. The van der Waals surface area contributed by atoms with Crippen LogP contribution in [0.1, 0.15) is 5.56 Å². The van der Waals surface area contributed by atoms with Crippen molar-refractivity contribution in [2.45, 2.75) is 12.7 Å². The van der Waals surface area contributed by atoms with Gasteiger partial charge in [0.05, 0.1) is 11.3 Å². The van der Waals surface area contributed by atoms with Crippen molar-refractivity contribution in [1.29, 1.82) is 0 Å². The second kappa shape index (κ2) is 6.80. The van der Waals surface area contributed by atoms with E-state index < -0.39 is 11.7 Å². The van der Waals surface area contributed by atoms with Crippen LogP contribution in [0.5, 0.6) is 0 Å². The van der Waals surface area contributed by atoms with Crippen LogP contribution in [0.4, 0.5) is 18.9 Å². The number of hydrogen-bond acceptors (Lipinski definition) is 2. The summed E-state index contributed by atoms with van der Waals surface area (Å²) in [6.07, 6.45) is -2.72. The molecule has 1 heterocycles. The maximum absolute atomic E-state index is 12.5. The number of alkyl halides is 3. The lowest BCUT2D eigenvalue weighted by molar-refractivity contribution is -0.137. The van der Waals surface area contributed by atoms with Gasteiger partial charge < -0.3 is 5.32 Å². The maximum Gasteiger partial charge on any atom is 0.416 e. The third kappa shape index (κ3) is 4.26. The number of nitrogens with one attached hydrogen (secondary N) is 1. The van der Waals surface area contributed by atoms with E-state index in [0.29, 0.717) is 5.69 Å². The monoisotopic (exact) mass is 345 g/mol. The Labute approximate surface area is 141 Å². The molecule has 0 aliphatic rings. The van der Waals surface area contributed by atoms with Crippen molar-refractivity contribution in [3.05, 3.63) is 72.4 Å². The Balaban J connectivity index is 1.62. The number of hydrogen-bond donors (Lipinski definition) is 1. The number of aromatic nitrogens is 2. The first kappa shape index (κ1) is 16.8. The molecule has 1 N–H and O–H groups in total. The van der Waals surface area contributed by atoms with Crippen LogP contribution >= 0.6 is 0 Å². The van der Waals surface area contributed by atoms with Gasteiger partial charge in [-0.15, -0.1) is 0 Å². The molecule has 1 amide bonds. The molecular formula is C18H14F3N3O. The van der Waals surface area contributed by atoms with E-state index in [-0.39, 0.29) is 12.5 Å². The largest absolute Gasteiger partial charge is 0.416 e. The normalized spacial score (nSPS) is 11.3. The van der Waals surface area contributed by atoms with Crippen LogP contribution in [0.15, 0.2) is 66.9 Å². The molecule has 0 aliphatic carbocycles. The number of amides is 1. The predicted molar refractivity (Wildman–Crippen MR) is 87.7 cm³/mol. The summed E-state index contributed by atoms with van der Waals surface area (Å²) >= 11 is 0. The average molecular weight is 345 g/mol. The van der Waals surface area contributed by atoms with E-state index in [0.717, 1.165) is 23.4 Å². The zero-order valence-corrected chi connectivity index (χ0v) is 13.0. The standard InChI is InChI=1S/C18H14F3N3O/c19-18(20,21)14-6-8-15(9-7-14)22-17(25)12-24-11-10-16(23-24)13-4-2-1-3-5-13/h1-11H,12H2,(H,22,25). The van der Waals surface area contributed by atoms with E-state index >= 15 is 0 Å². The zero-order chi connectivity index (χ0) is 17.9. The molecule has 128 valence electrons. The van der Waals surface area contributed by atoms with Crippen LogP contribution in [0.2, 0.25) is 0 Å². The van der Waals surface area contributed by atoms with Crippen molar-refractivity contribution < 1.29 is 18.0 Å². The summed E-state index contributed by atoms with van der Waals surface area (Å²) in [5.74, 6) is -0.373. The fraction of sp³-hybridized carbons (Fsp3) is 0.111. The van der Waals surface area contributed by atoms with Gasteiger partial charge in [0, 0.05) is 17.4 Å². The van der Waals surface area contributed by atoms with E-state index in [1.165, 1.54) is 16.8 Å². The Morgan fingerprint density at radius 3 is 2.32 bits per heavy atom. The molecule has 0 atom stereocenters. The van der Waals surface area contributed by atoms with Crippen molar-refractivity contribution >= 4 is 11.6 Å². The summed E-state index contributed by atoms with van der Waals surface area (Å²) < 4.78 is 39.0. The number of rotatable bonds is 4. The number of nitrogens with zero attached hydrogens (tertiary/aromatic N) is 2. The first-order chi connectivity index (χ1) is 11.9. The molecule has 1 aromatic heterocycles. The molecule has 3 rings (SSSR count). The van der Waals surface area contributed by atoms with Gasteiger partial charge in [0.15, 0.2) is 0 Å². The summed E-state index contributed by atoms with van der Waals surface area (Å²) in [7, 11) is 0. The van der Waals surface area contributed by atoms with Gasteiger partial charge in [-0.2, -0.15) is 18.3 Å². The third-order valence-electron chi connectivity index (χ3n) is 3.51. The number of carbonyl (C=O) groups is 1. The highest BCUT2D eigenvalue weighted by Gasteiger charge is 2.29. The Bertz CT molecular complexity index is 855. The Morgan fingerprint density at radius 2 is 1.68 bits per heavy atom.